The lowest BCUT2D eigenvalue weighted by molar-refractivity contribution is 0.0972. The molecule has 9 nitrogen and oxygen atoms in total. The first-order valence-electron chi connectivity index (χ1n) is 12.4. The van der Waals surface area contributed by atoms with Crippen molar-refractivity contribution in [2.45, 2.75) is 19.4 Å². The van der Waals surface area contributed by atoms with E-state index in [1.165, 1.54) is 15.3 Å². The van der Waals surface area contributed by atoms with Gasteiger partial charge in [0.2, 0.25) is 0 Å². The highest BCUT2D eigenvalue weighted by Gasteiger charge is 2.28. The Bertz CT molecular complexity index is 1830. The van der Waals surface area contributed by atoms with Crippen LogP contribution in [0, 0.1) is 6.92 Å². The minimum atomic E-state index is -0.882. The molecule has 0 radical (unpaired) electrons. The van der Waals surface area contributed by atoms with Crippen LogP contribution in [0.1, 0.15) is 34.1 Å². The fourth-order valence-corrected chi connectivity index (χ4v) is 4.95. The zero-order valence-corrected chi connectivity index (χ0v) is 21.8. The number of rotatable bonds is 7. The second-order valence-corrected chi connectivity index (χ2v) is 9.42. The first-order chi connectivity index (χ1) is 18.7. The van der Waals surface area contributed by atoms with Crippen LogP contribution in [0.15, 0.2) is 88.5 Å². The smallest absolute Gasteiger partial charge is 0.295 e. The van der Waals surface area contributed by atoms with Gasteiger partial charge in [-0.1, -0.05) is 48.5 Å². The average molecular weight is 525 g/mol. The van der Waals surface area contributed by atoms with Crippen LogP contribution in [0.3, 0.4) is 0 Å². The van der Waals surface area contributed by atoms with Gasteiger partial charge in [0.15, 0.2) is 5.78 Å². The summed E-state index contributed by atoms with van der Waals surface area (Å²) < 4.78 is 4.53. The number of hydrogen-bond acceptors (Lipinski definition) is 6. The molecule has 0 saturated heterocycles. The van der Waals surface area contributed by atoms with Gasteiger partial charge in [-0.3, -0.25) is 19.1 Å². The quantitative estimate of drug-likeness (QED) is 0.275. The van der Waals surface area contributed by atoms with Gasteiger partial charge in [0.25, 0.3) is 11.1 Å². The summed E-state index contributed by atoms with van der Waals surface area (Å²) in [5.41, 5.74) is 1.09. The molecule has 2 heterocycles. The van der Waals surface area contributed by atoms with Crippen molar-refractivity contribution in [1.82, 2.24) is 13.9 Å². The van der Waals surface area contributed by atoms with Crippen LogP contribution in [-0.4, -0.2) is 29.9 Å². The molecule has 1 atom stereocenters. The standard InChI is InChI=1S/C30H28N4O5/c1-18-27(30(39)34(33(18)3)19-11-5-4-6-12-19)31-22(20-13-8-10-16-24(20)35)17-25(36)26-28(37)21-14-7-9-15-23(21)32(2)29(26)38/h4-16,22,31,35,37H,17H2,1-3H3. The molecule has 1 unspecified atom stereocenters. The van der Waals surface area contributed by atoms with Gasteiger partial charge in [-0.15, -0.1) is 0 Å². The average Bonchev–Trinajstić information content (AvgIpc) is 3.15. The van der Waals surface area contributed by atoms with E-state index >= 15 is 0 Å². The van der Waals surface area contributed by atoms with Crippen molar-refractivity contribution in [3.05, 3.63) is 116 Å². The lowest BCUT2D eigenvalue weighted by Gasteiger charge is -2.21. The van der Waals surface area contributed by atoms with E-state index in [1.54, 1.807) is 68.2 Å². The van der Waals surface area contributed by atoms with Crippen LogP contribution in [-0.2, 0) is 14.1 Å². The molecule has 0 spiro atoms. The third-order valence-electron chi connectivity index (χ3n) is 7.13. The van der Waals surface area contributed by atoms with Gasteiger partial charge in [-0.2, -0.15) is 0 Å². The molecule has 9 heteroatoms. The molecule has 0 aliphatic heterocycles. The van der Waals surface area contributed by atoms with Crippen molar-refractivity contribution in [3.8, 4) is 17.2 Å². The van der Waals surface area contributed by atoms with Gasteiger partial charge >= 0.3 is 0 Å². The van der Waals surface area contributed by atoms with Gasteiger partial charge in [0.1, 0.15) is 22.7 Å². The van der Waals surface area contributed by atoms with E-state index in [0.717, 1.165) is 0 Å². The molecule has 2 aromatic heterocycles. The van der Waals surface area contributed by atoms with Crippen molar-refractivity contribution in [1.29, 1.82) is 0 Å². The second-order valence-electron chi connectivity index (χ2n) is 9.42. The Morgan fingerprint density at radius 1 is 0.872 bits per heavy atom. The number of carbonyl (C=O) groups excluding carboxylic acids is 1. The Morgan fingerprint density at radius 3 is 2.23 bits per heavy atom. The number of anilines is 1. The number of aromatic nitrogens is 3. The van der Waals surface area contributed by atoms with Gasteiger partial charge in [-0.25, -0.2) is 4.68 Å². The van der Waals surface area contributed by atoms with Crippen molar-refractivity contribution < 1.29 is 15.0 Å². The second kappa shape index (κ2) is 10.0. The third kappa shape index (κ3) is 4.37. The van der Waals surface area contributed by atoms with E-state index in [1.807, 2.05) is 30.3 Å². The molecule has 0 saturated carbocycles. The largest absolute Gasteiger partial charge is 0.508 e. The van der Waals surface area contributed by atoms with Crippen LogP contribution in [0.4, 0.5) is 5.69 Å². The summed E-state index contributed by atoms with van der Waals surface area (Å²) in [6, 6.07) is 21.5. The Kier molecular flexibility index (Phi) is 6.57. The SMILES string of the molecule is Cc1c(NC(CC(=O)c2c(O)c3ccccc3n(C)c2=O)c2ccccc2O)c(=O)n(-c2ccccc2)n1C. The first-order valence-corrected chi connectivity index (χ1v) is 12.4. The molecule has 0 fully saturated rings. The summed E-state index contributed by atoms with van der Waals surface area (Å²) >= 11 is 0. The Balaban J connectivity index is 1.60. The van der Waals surface area contributed by atoms with E-state index in [-0.39, 0.29) is 29.0 Å². The van der Waals surface area contributed by atoms with Crippen LogP contribution >= 0.6 is 0 Å². The number of fused-ring (bicyclic) bond motifs is 1. The number of nitrogens with one attached hydrogen (secondary N) is 1. The van der Waals surface area contributed by atoms with Crippen LogP contribution in [0.2, 0.25) is 0 Å². The minimum absolute atomic E-state index is 0.0737. The first kappa shape index (κ1) is 25.6. The summed E-state index contributed by atoms with van der Waals surface area (Å²) in [7, 11) is 3.30. The molecule has 3 aromatic carbocycles. The third-order valence-corrected chi connectivity index (χ3v) is 7.13. The maximum atomic E-state index is 13.6. The van der Waals surface area contributed by atoms with Crippen LogP contribution in [0.25, 0.3) is 16.6 Å². The fraction of sp³-hybridized carbons (Fsp3) is 0.167. The number of carbonyl (C=O) groups is 1. The van der Waals surface area contributed by atoms with E-state index in [9.17, 15) is 24.6 Å². The maximum absolute atomic E-state index is 13.6. The summed E-state index contributed by atoms with van der Waals surface area (Å²) in [4.78, 5) is 40.4. The number of benzene rings is 3. The van der Waals surface area contributed by atoms with Crippen molar-refractivity contribution in [2.24, 2.45) is 14.1 Å². The molecule has 0 aliphatic rings. The topological polar surface area (TPSA) is 118 Å². The fourth-order valence-electron chi connectivity index (χ4n) is 4.95. The zero-order chi connectivity index (χ0) is 27.8. The number of para-hydroxylation sites is 3. The minimum Gasteiger partial charge on any atom is -0.508 e. The molecule has 0 bridgehead atoms. The number of Topliss-reactive ketones (excluding diaryl/α,β-unsaturated/α-hetero) is 1. The number of aryl methyl sites for hydroxylation is 1. The number of phenols is 1. The van der Waals surface area contributed by atoms with Gasteiger partial charge in [0, 0.05) is 31.5 Å². The zero-order valence-electron chi connectivity index (χ0n) is 21.8. The molecular formula is C30H28N4O5. The molecular weight excluding hydrogens is 496 g/mol. The number of phenolic OH excluding ortho intramolecular Hbond substituents is 1. The number of pyridine rings is 1. The molecule has 5 rings (SSSR count). The number of ketones is 1. The van der Waals surface area contributed by atoms with E-state index < -0.39 is 23.1 Å². The Labute approximate surface area is 223 Å². The summed E-state index contributed by atoms with van der Waals surface area (Å²) in [6.45, 7) is 1.78. The Morgan fingerprint density at radius 2 is 1.51 bits per heavy atom. The van der Waals surface area contributed by atoms with Crippen LogP contribution < -0.4 is 16.4 Å². The molecule has 0 amide bonds. The highest BCUT2D eigenvalue weighted by atomic mass is 16.3. The van der Waals surface area contributed by atoms with Crippen molar-refractivity contribution in [2.75, 3.05) is 5.32 Å². The molecule has 5 aromatic rings. The maximum Gasteiger partial charge on any atom is 0.295 e. The monoisotopic (exact) mass is 524 g/mol. The van der Waals surface area contributed by atoms with E-state index in [2.05, 4.69) is 5.32 Å². The van der Waals surface area contributed by atoms with E-state index in [0.29, 0.717) is 27.8 Å². The lowest BCUT2D eigenvalue weighted by Crippen LogP contribution is -2.27. The lowest BCUT2D eigenvalue weighted by atomic mass is 9.96. The highest BCUT2D eigenvalue weighted by molar-refractivity contribution is 6.03. The number of aromatic hydroxyl groups is 2. The molecule has 3 N–H and O–H groups in total. The van der Waals surface area contributed by atoms with Gasteiger partial charge in [0.05, 0.1) is 22.9 Å². The molecule has 39 heavy (non-hydrogen) atoms. The van der Waals surface area contributed by atoms with Gasteiger partial charge in [-0.05, 0) is 37.3 Å². The predicted molar refractivity (Wildman–Crippen MR) is 150 cm³/mol. The Hall–Kier alpha value is -5.05. The predicted octanol–water partition coefficient (Wildman–Crippen LogP) is 4.17. The van der Waals surface area contributed by atoms with Gasteiger partial charge < -0.3 is 20.1 Å². The number of hydrogen-bond donors (Lipinski definition) is 3. The summed E-state index contributed by atoms with van der Waals surface area (Å²) in [6.07, 6.45) is -0.308. The highest BCUT2D eigenvalue weighted by Crippen LogP contribution is 2.33. The van der Waals surface area contributed by atoms with Crippen LogP contribution in [0.5, 0.6) is 11.5 Å². The molecule has 198 valence electrons. The van der Waals surface area contributed by atoms with Crippen molar-refractivity contribution >= 4 is 22.4 Å². The van der Waals surface area contributed by atoms with Crippen molar-refractivity contribution in [3.63, 3.8) is 0 Å². The molecule has 0 aliphatic carbocycles. The van der Waals surface area contributed by atoms with E-state index in [4.69, 9.17) is 0 Å². The summed E-state index contributed by atoms with van der Waals surface area (Å²) in [5.74, 6) is -1.09. The summed E-state index contributed by atoms with van der Waals surface area (Å²) in [5, 5.41) is 25.1. The normalized spacial score (nSPS) is 12.0. The number of nitrogens with zero attached hydrogens (tertiary/aromatic N) is 3.